The highest BCUT2D eigenvalue weighted by Crippen LogP contribution is 2.39. The van der Waals surface area contributed by atoms with Crippen molar-refractivity contribution in [1.82, 2.24) is 5.32 Å². The van der Waals surface area contributed by atoms with Crippen molar-refractivity contribution in [3.05, 3.63) is 35.4 Å². The second-order valence-electron chi connectivity index (χ2n) is 6.50. The van der Waals surface area contributed by atoms with Gasteiger partial charge < -0.3 is 10.1 Å². The fourth-order valence-electron chi connectivity index (χ4n) is 3.77. The van der Waals surface area contributed by atoms with E-state index in [0.717, 1.165) is 19.1 Å². The molecule has 20 heavy (non-hydrogen) atoms. The van der Waals surface area contributed by atoms with Crippen molar-refractivity contribution in [2.45, 2.75) is 57.6 Å². The summed E-state index contributed by atoms with van der Waals surface area (Å²) in [5, 5.41) is 3.75. The Morgan fingerprint density at radius 3 is 2.90 bits per heavy atom. The molecule has 1 heterocycles. The van der Waals surface area contributed by atoms with Gasteiger partial charge in [0.2, 0.25) is 0 Å². The lowest BCUT2D eigenvalue weighted by Gasteiger charge is -2.36. The van der Waals surface area contributed by atoms with Crippen LogP contribution in [-0.4, -0.2) is 25.3 Å². The van der Waals surface area contributed by atoms with Crippen LogP contribution in [0.5, 0.6) is 0 Å². The van der Waals surface area contributed by atoms with Crippen LogP contribution in [0.3, 0.4) is 0 Å². The van der Waals surface area contributed by atoms with Crippen LogP contribution < -0.4 is 5.32 Å². The first-order chi connectivity index (χ1) is 9.79. The van der Waals surface area contributed by atoms with E-state index in [-0.39, 0.29) is 0 Å². The summed E-state index contributed by atoms with van der Waals surface area (Å²) in [7, 11) is 0. The molecule has 1 saturated heterocycles. The largest absolute Gasteiger partial charge is 0.376 e. The Morgan fingerprint density at radius 1 is 1.35 bits per heavy atom. The highest BCUT2D eigenvalue weighted by atomic mass is 16.5. The lowest BCUT2D eigenvalue weighted by atomic mass is 9.73. The van der Waals surface area contributed by atoms with Gasteiger partial charge in [0.05, 0.1) is 6.10 Å². The molecule has 0 saturated carbocycles. The van der Waals surface area contributed by atoms with E-state index in [4.69, 9.17) is 4.74 Å². The van der Waals surface area contributed by atoms with E-state index in [9.17, 15) is 0 Å². The van der Waals surface area contributed by atoms with Crippen molar-refractivity contribution in [2.24, 2.45) is 5.92 Å². The smallest absolute Gasteiger partial charge is 0.0754 e. The number of nitrogens with one attached hydrogen (secondary N) is 1. The summed E-state index contributed by atoms with van der Waals surface area (Å²) in [4.78, 5) is 0. The van der Waals surface area contributed by atoms with Crippen LogP contribution in [0.25, 0.3) is 0 Å². The normalized spacial score (nSPS) is 29.8. The van der Waals surface area contributed by atoms with Crippen LogP contribution in [0.1, 0.15) is 50.2 Å². The Balaban J connectivity index is 1.65. The summed E-state index contributed by atoms with van der Waals surface area (Å²) in [6.45, 7) is 6.62. The van der Waals surface area contributed by atoms with Gasteiger partial charge in [-0.05, 0) is 55.2 Å². The summed E-state index contributed by atoms with van der Waals surface area (Å²) in [6.07, 6.45) is 5.30. The molecule has 4 atom stereocenters. The van der Waals surface area contributed by atoms with Crippen molar-refractivity contribution in [2.75, 3.05) is 13.2 Å². The number of rotatable bonds is 6. The molecule has 0 spiro atoms. The van der Waals surface area contributed by atoms with Crippen molar-refractivity contribution in [1.29, 1.82) is 0 Å². The minimum atomic E-state index is 0.411. The predicted molar refractivity (Wildman–Crippen MR) is 83.1 cm³/mol. The Bertz CT molecular complexity index is 445. The van der Waals surface area contributed by atoms with Gasteiger partial charge in [0.15, 0.2) is 0 Å². The third-order valence-corrected chi connectivity index (χ3v) is 5.00. The maximum atomic E-state index is 6.02. The standard InChI is InChI=1S/C18H27NO/c1-3-9-19-17(18-13(2)8-10-20-18)12-15-11-14-6-4-5-7-16(14)15/h4-7,13,15,17-19H,3,8-12H2,1-2H3. The van der Waals surface area contributed by atoms with Crippen LogP contribution in [0.2, 0.25) is 0 Å². The molecule has 0 radical (unpaired) electrons. The molecule has 1 aromatic carbocycles. The maximum Gasteiger partial charge on any atom is 0.0754 e. The second kappa shape index (κ2) is 6.28. The summed E-state index contributed by atoms with van der Waals surface area (Å²) >= 11 is 0. The van der Waals surface area contributed by atoms with Gasteiger partial charge in [-0.2, -0.15) is 0 Å². The maximum absolute atomic E-state index is 6.02. The van der Waals surface area contributed by atoms with Crippen LogP contribution in [-0.2, 0) is 11.2 Å². The number of ether oxygens (including phenoxy) is 1. The molecule has 2 nitrogen and oxygen atoms in total. The first-order valence-corrected chi connectivity index (χ1v) is 8.22. The van der Waals surface area contributed by atoms with E-state index >= 15 is 0 Å². The highest BCUT2D eigenvalue weighted by molar-refractivity contribution is 5.40. The Hall–Kier alpha value is -0.860. The summed E-state index contributed by atoms with van der Waals surface area (Å²) in [5.41, 5.74) is 3.12. The van der Waals surface area contributed by atoms with Gasteiger partial charge in [-0.1, -0.05) is 38.1 Å². The molecular weight excluding hydrogens is 246 g/mol. The number of hydrogen-bond donors (Lipinski definition) is 1. The van der Waals surface area contributed by atoms with Gasteiger partial charge in [0.1, 0.15) is 0 Å². The lowest BCUT2D eigenvalue weighted by molar-refractivity contribution is 0.0551. The Morgan fingerprint density at radius 2 is 2.20 bits per heavy atom. The second-order valence-corrected chi connectivity index (χ2v) is 6.50. The van der Waals surface area contributed by atoms with Gasteiger partial charge in [0, 0.05) is 12.6 Å². The Labute approximate surface area is 122 Å². The zero-order valence-electron chi connectivity index (χ0n) is 12.8. The first-order valence-electron chi connectivity index (χ1n) is 8.22. The van der Waals surface area contributed by atoms with Crippen LogP contribution in [0, 0.1) is 5.92 Å². The lowest BCUT2D eigenvalue weighted by Crippen LogP contribution is -2.44. The molecule has 0 aromatic heterocycles. The zero-order chi connectivity index (χ0) is 13.9. The zero-order valence-corrected chi connectivity index (χ0v) is 12.8. The van der Waals surface area contributed by atoms with Crippen molar-refractivity contribution in [3.8, 4) is 0 Å². The topological polar surface area (TPSA) is 21.3 Å². The quantitative estimate of drug-likeness (QED) is 0.856. The monoisotopic (exact) mass is 273 g/mol. The molecule has 0 amide bonds. The SMILES string of the molecule is CCCNC(CC1Cc2ccccc21)C1OCCC1C. The van der Waals surface area contributed by atoms with Gasteiger partial charge >= 0.3 is 0 Å². The molecule has 0 bridgehead atoms. The van der Waals surface area contributed by atoms with Crippen molar-refractivity contribution >= 4 is 0 Å². The van der Waals surface area contributed by atoms with Crippen LogP contribution in [0.4, 0.5) is 0 Å². The summed E-state index contributed by atoms with van der Waals surface area (Å²) in [6, 6.07) is 9.43. The van der Waals surface area contributed by atoms with E-state index < -0.39 is 0 Å². The van der Waals surface area contributed by atoms with E-state index in [0.29, 0.717) is 18.1 Å². The van der Waals surface area contributed by atoms with Crippen molar-refractivity contribution in [3.63, 3.8) is 0 Å². The van der Waals surface area contributed by atoms with E-state index in [1.165, 1.54) is 25.7 Å². The molecule has 1 aliphatic heterocycles. The van der Waals surface area contributed by atoms with Crippen LogP contribution >= 0.6 is 0 Å². The summed E-state index contributed by atoms with van der Waals surface area (Å²) < 4.78 is 6.02. The summed E-state index contributed by atoms with van der Waals surface area (Å²) in [5.74, 6) is 1.43. The molecule has 3 rings (SSSR count). The van der Waals surface area contributed by atoms with Gasteiger partial charge in [-0.3, -0.25) is 0 Å². The van der Waals surface area contributed by atoms with E-state index in [2.05, 4.69) is 43.4 Å². The highest BCUT2D eigenvalue weighted by Gasteiger charge is 2.35. The Kier molecular flexibility index (Phi) is 4.42. The fourth-order valence-corrected chi connectivity index (χ4v) is 3.77. The molecular formula is C18H27NO. The van der Waals surface area contributed by atoms with E-state index in [1.54, 1.807) is 11.1 Å². The minimum Gasteiger partial charge on any atom is -0.376 e. The molecule has 4 unspecified atom stereocenters. The number of hydrogen-bond acceptors (Lipinski definition) is 2. The molecule has 110 valence electrons. The molecule has 2 aliphatic rings. The van der Waals surface area contributed by atoms with E-state index in [1.807, 2.05) is 0 Å². The molecule has 1 N–H and O–H groups in total. The average molecular weight is 273 g/mol. The first kappa shape index (κ1) is 14.1. The molecule has 1 aromatic rings. The third kappa shape index (κ3) is 2.77. The molecule has 1 aliphatic carbocycles. The number of benzene rings is 1. The molecule has 2 heteroatoms. The third-order valence-electron chi connectivity index (χ3n) is 5.00. The predicted octanol–water partition coefficient (Wildman–Crippen LogP) is 3.51. The van der Waals surface area contributed by atoms with Gasteiger partial charge in [-0.15, -0.1) is 0 Å². The average Bonchev–Trinajstić information content (AvgIpc) is 2.86. The fraction of sp³-hybridized carbons (Fsp3) is 0.667. The molecule has 1 fully saturated rings. The van der Waals surface area contributed by atoms with Crippen LogP contribution in [0.15, 0.2) is 24.3 Å². The van der Waals surface area contributed by atoms with Gasteiger partial charge in [-0.25, -0.2) is 0 Å². The number of fused-ring (bicyclic) bond motifs is 1. The van der Waals surface area contributed by atoms with Gasteiger partial charge in [0.25, 0.3) is 0 Å². The minimum absolute atomic E-state index is 0.411. The van der Waals surface area contributed by atoms with Crippen molar-refractivity contribution < 1.29 is 4.74 Å².